The highest BCUT2D eigenvalue weighted by atomic mass is 79.9. The molecule has 0 atom stereocenters. The van der Waals surface area contributed by atoms with E-state index in [2.05, 4.69) is 20.9 Å². The van der Waals surface area contributed by atoms with E-state index in [1.165, 1.54) is 17.4 Å². The highest BCUT2D eigenvalue weighted by Gasteiger charge is 2.08. The molecule has 1 nitrogen and oxygen atoms in total. The molecule has 2 aromatic rings. The Morgan fingerprint density at radius 1 is 1.50 bits per heavy atom. The minimum absolute atomic E-state index is 0.252. The number of nitrogens with zero attached hydrogens (tertiary/aromatic N) is 1. The van der Waals surface area contributed by atoms with Gasteiger partial charge in [0.2, 0.25) is 0 Å². The average molecular weight is 246 g/mol. The van der Waals surface area contributed by atoms with Gasteiger partial charge in [0.05, 0.1) is 4.70 Å². The van der Waals surface area contributed by atoms with Gasteiger partial charge in [-0.05, 0) is 34.5 Å². The maximum atomic E-state index is 13.1. The Balaban J connectivity index is 2.93. The highest BCUT2D eigenvalue weighted by Crippen LogP contribution is 2.30. The van der Waals surface area contributed by atoms with E-state index in [0.29, 0.717) is 5.52 Å². The molecule has 0 radical (unpaired) electrons. The number of aryl methyl sites for hydroxylation is 1. The van der Waals surface area contributed by atoms with Crippen molar-refractivity contribution in [1.29, 1.82) is 0 Å². The fourth-order valence-corrected chi connectivity index (χ4v) is 2.51. The molecule has 0 amide bonds. The number of hydrogen-bond acceptors (Lipinski definition) is 2. The third kappa shape index (κ3) is 1.15. The third-order valence-corrected chi connectivity index (χ3v) is 3.31. The third-order valence-electron chi connectivity index (χ3n) is 1.67. The van der Waals surface area contributed by atoms with Crippen LogP contribution in [0.4, 0.5) is 4.39 Å². The van der Waals surface area contributed by atoms with Crippen LogP contribution >= 0.6 is 27.3 Å². The zero-order valence-corrected chi connectivity index (χ0v) is 8.67. The van der Waals surface area contributed by atoms with Gasteiger partial charge in [-0.15, -0.1) is 11.3 Å². The zero-order valence-electron chi connectivity index (χ0n) is 6.27. The molecule has 1 heterocycles. The number of halogens is 2. The molecule has 2 rings (SSSR count). The summed E-state index contributed by atoms with van der Waals surface area (Å²) in [5, 5.41) is 0. The summed E-state index contributed by atoms with van der Waals surface area (Å²) >= 11 is 4.69. The summed E-state index contributed by atoms with van der Waals surface area (Å²) in [6.45, 7) is 1.95. The first-order valence-corrected chi connectivity index (χ1v) is 5.00. The van der Waals surface area contributed by atoms with Crippen molar-refractivity contribution >= 4 is 37.5 Å². The second kappa shape index (κ2) is 2.78. The minimum Gasteiger partial charge on any atom is -0.226 e. The van der Waals surface area contributed by atoms with E-state index in [4.69, 9.17) is 0 Å². The molecule has 0 saturated carbocycles. The molecule has 0 saturated heterocycles. The van der Waals surface area contributed by atoms with Gasteiger partial charge in [0.25, 0.3) is 0 Å². The molecule has 1 aromatic carbocycles. The van der Waals surface area contributed by atoms with Gasteiger partial charge in [-0.25, -0.2) is 9.37 Å². The first-order chi connectivity index (χ1) is 5.68. The van der Waals surface area contributed by atoms with E-state index in [0.717, 1.165) is 14.2 Å². The number of fused-ring (bicyclic) bond motifs is 1. The van der Waals surface area contributed by atoms with Crippen molar-refractivity contribution < 1.29 is 4.39 Å². The Hall–Kier alpha value is -0.480. The molecular weight excluding hydrogens is 241 g/mol. The van der Waals surface area contributed by atoms with E-state index in [1.807, 2.05) is 6.92 Å². The van der Waals surface area contributed by atoms with Crippen molar-refractivity contribution in [2.45, 2.75) is 6.92 Å². The monoisotopic (exact) mass is 245 g/mol. The van der Waals surface area contributed by atoms with Crippen LogP contribution in [-0.4, -0.2) is 4.98 Å². The van der Waals surface area contributed by atoms with Crippen LogP contribution in [0.15, 0.2) is 16.0 Å². The lowest BCUT2D eigenvalue weighted by atomic mass is 10.2. The van der Waals surface area contributed by atoms with Crippen LogP contribution in [0.5, 0.6) is 0 Å². The van der Waals surface area contributed by atoms with Crippen LogP contribution in [0.1, 0.15) is 5.56 Å². The van der Waals surface area contributed by atoms with Crippen LogP contribution in [0, 0.1) is 12.7 Å². The van der Waals surface area contributed by atoms with Crippen molar-refractivity contribution in [1.82, 2.24) is 4.98 Å². The molecule has 0 N–H and O–H groups in total. The van der Waals surface area contributed by atoms with Gasteiger partial charge in [0.15, 0.2) is 3.92 Å². The first-order valence-electron chi connectivity index (χ1n) is 3.39. The van der Waals surface area contributed by atoms with Crippen LogP contribution in [-0.2, 0) is 0 Å². The summed E-state index contributed by atoms with van der Waals surface area (Å²) in [5.74, 6) is -0.252. The van der Waals surface area contributed by atoms with E-state index in [-0.39, 0.29) is 5.82 Å². The molecule has 0 aliphatic carbocycles. The normalized spacial score (nSPS) is 10.9. The lowest BCUT2D eigenvalue weighted by Gasteiger charge is -1.93. The standard InChI is InChI=1S/C8H5BrFNS/c1-4-2-3-5(10)6-7(4)12-8(9)11-6/h2-3H,1H3. The molecule has 0 aliphatic heterocycles. The minimum atomic E-state index is -0.252. The molecule has 0 unspecified atom stereocenters. The van der Waals surface area contributed by atoms with Gasteiger partial charge in [-0.2, -0.15) is 0 Å². The van der Waals surface area contributed by atoms with Gasteiger partial charge in [0, 0.05) is 0 Å². The molecule has 62 valence electrons. The second-order valence-electron chi connectivity index (χ2n) is 2.51. The number of rotatable bonds is 0. The Kier molecular flexibility index (Phi) is 1.88. The van der Waals surface area contributed by atoms with Crippen molar-refractivity contribution in [2.24, 2.45) is 0 Å². The average Bonchev–Trinajstić information content (AvgIpc) is 2.41. The maximum Gasteiger partial charge on any atom is 0.160 e. The molecule has 0 aliphatic rings. The predicted molar refractivity (Wildman–Crippen MR) is 52.0 cm³/mol. The van der Waals surface area contributed by atoms with Gasteiger partial charge >= 0.3 is 0 Å². The topological polar surface area (TPSA) is 12.9 Å². The SMILES string of the molecule is Cc1ccc(F)c2nc(Br)sc12. The Bertz CT molecular complexity index is 399. The van der Waals surface area contributed by atoms with Crippen LogP contribution in [0.3, 0.4) is 0 Å². The fourth-order valence-electron chi connectivity index (χ4n) is 1.08. The van der Waals surface area contributed by atoms with Gasteiger partial charge in [-0.1, -0.05) is 6.07 Å². The molecule has 0 fully saturated rings. The van der Waals surface area contributed by atoms with Crippen molar-refractivity contribution in [3.63, 3.8) is 0 Å². The van der Waals surface area contributed by atoms with Crippen molar-refractivity contribution in [3.05, 3.63) is 27.4 Å². The number of aromatic nitrogens is 1. The molecular formula is C8H5BrFNS. The van der Waals surface area contributed by atoms with E-state index >= 15 is 0 Å². The summed E-state index contributed by atoms with van der Waals surface area (Å²) in [4.78, 5) is 4.03. The lowest BCUT2D eigenvalue weighted by molar-refractivity contribution is 0.637. The van der Waals surface area contributed by atoms with Crippen molar-refractivity contribution in [2.75, 3.05) is 0 Å². The zero-order chi connectivity index (χ0) is 8.72. The second-order valence-corrected chi connectivity index (χ2v) is 4.78. The molecule has 0 spiro atoms. The van der Waals surface area contributed by atoms with Gasteiger partial charge < -0.3 is 0 Å². The molecule has 1 aromatic heterocycles. The van der Waals surface area contributed by atoms with Crippen LogP contribution < -0.4 is 0 Å². The highest BCUT2D eigenvalue weighted by molar-refractivity contribution is 9.11. The smallest absolute Gasteiger partial charge is 0.160 e. The Morgan fingerprint density at radius 3 is 2.92 bits per heavy atom. The van der Waals surface area contributed by atoms with E-state index < -0.39 is 0 Å². The largest absolute Gasteiger partial charge is 0.226 e. The summed E-state index contributed by atoms with van der Waals surface area (Å²) in [5.41, 5.74) is 1.53. The number of benzene rings is 1. The van der Waals surface area contributed by atoms with Gasteiger partial charge in [0.1, 0.15) is 11.3 Å². The lowest BCUT2D eigenvalue weighted by Crippen LogP contribution is -1.79. The molecule has 4 heteroatoms. The number of hydrogen-bond donors (Lipinski definition) is 0. The summed E-state index contributed by atoms with van der Waals surface area (Å²) in [6, 6.07) is 3.21. The Morgan fingerprint density at radius 2 is 2.25 bits per heavy atom. The van der Waals surface area contributed by atoms with E-state index in [1.54, 1.807) is 6.07 Å². The Labute approximate surface area is 81.4 Å². The molecule has 0 bridgehead atoms. The van der Waals surface area contributed by atoms with Crippen LogP contribution in [0.25, 0.3) is 10.2 Å². The number of thiazole rings is 1. The van der Waals surface area contributed by atoms with Crippen LogP contribution in [0.2, 0.25) is 0 Å². The summed E-state index contributed by atoms with van der Waals surface area (Å²) < 4.78 is 14.7. The summed E-state index contributed by atoms with van der Waals surface area (Å²) in [6.07, 6.45) is 0. The first kappa shape index (κ1) is 8.13. The maximum absolute atomic E-state index is 13.1. The summed E-state index contributed by atoms with van der Waals surface area (Å²) in [7, 11) is 0. The van der Waals surface area contributed by atoms with Crippen molar-refractivity contribution in [3.8, 4) is 0 Å². The quantitative estimate of drug-likeness (QED) is 0.693. The molecule has 12 heavy (non-hydrogen) atoms. The predicted octanol–water partition coefficient (Wildman–Crippen LogP) is 3.51. The van der Waals surface area contributed by atoms with Gasteiger partial charge in [-0.3, -0.25) is 0 Å². The van der Waals surface area contributed by atoms with E-state index in [9.17, 15) is 4.39 Å². The fraction of sp³-hybridized carbons (Fsp3) is 0.125.